The van der Waals surface area contributed by atoms with E-state index in [1.807, 2.05) is 23.1 Å². The number of carbonyl (C=O) groups is 1. The quantitative estimate of drug-likeness (QED) is 0.901. The lowest BCUT2D eigenvalue weighted by Gasteiger charge is -2.34. The summed E-state index contributed by atoms with van der Waals surface area (Å²) in [7, 11) is 0. The summed E-state index contributed by atoms with van der Waals surface area (Å²) in [6.45, 7) is 4.57. The minimum atomic E-state index is 0.199. The van der Waals surface area contributed by atoms with Crippen LogP contribution in [-0.2, 0) is 4.79 Å². The third kappa shape index (κ3) is 2.77. The highest BCUT2D eigenvalue weighted by atomic mass is 35.5. The van der Waals surface area contributed by atoms with Gasteiger partial charge < -0.3 is 10.2 Å². The van der Waals surface area contributed by atoms with E-state index in [0.29, 0.717) is 11.8 Å². The molecule has 1 saturated carbocycles. The van der Waals surface area contributed by atoms with Crippen LogP contribution in [0.25, 0.3) is 0 Å². The smallest absolute Gasteiger partial charge is 0.226 e. The summed E-state index contributed by atoms with van der Waals surface area (Å²) in [5, 5.41) is 4.21. The number of amides is 1. The zero-order chi connectivity index (χ0) is 13.4. The maximum absolute atomic E-state index is 12.3. The molecule has 1 N–H and O–H groups in total. The fraction of sp³-hybridized carbons (Fsp3) is 0.533. The van der Waals surface area contributed by atoms with Crippen LogP contribution in [0, 0.1) is 11.8 Å². The summed E-state index contributed by atoms with van der Waals surface area (Å²) in [4.78, 5) is 14.3. The Bertz CT molecular complexity index is 491. The van der Waals surface area contributed by atoms with E-state index in [0.717, 1.165) is 36.6 Å². The number of rotatable bonds is 2. The van der Waals surface area contributed by atoms with Crippen LogP contribution in [0.5, 0.6) is 0 Å². The van der Waals surface area contributed by atoms with Crippen molar-refractivity contribution in [1.82, 2.24) is 10.2 Å². The van der Waals surface area contributed by atoms with Gasteiger partial charge in [-0.15, -0.1) is 0 Å². The molecule has 1 heterocycles. The van der Waals surface area contributed by atoms with Crippen LogP contribution >= 0.6 is 11.6 Å². The molecular formula is C15H19ClN2O. The van der Waals surface area contributed by atoms with Gasteiger partial charge in [-0.05, 0) is 30.0 Å². The maximum Gasteiger partial charge on any atom is 0.226 e. The van der Waals surface area contributed by atoms with Crippen LogP contribution in [-0.4, -0.2) is 30.4 Å². The van der Waals surface area contributed by atoms with Crippen molar-refractivity contribution in [2.75, 3.05) is 19.6 Å². The molecule has 1 aliphatic carbocycles. The van der Waals surface area contributed by atoms with Crippen LogP contribution in [0.3, 0.4) is 0 Å². The molecular weight excluding hydrogens is 260 g/mol. The lowest BCUT2D eigenvalue weighted by atomic mass is 10.0. The Hall–Kier alpha value is -1.06. The van der Waals surface area contributed by atoms with E-state index in [4.69, 9.17) is 11.6 Å². The molecule has 1 aromatic rings. The maximum atomic E-state index is 12.3. The van der Waals surface area contributed by atoms with Crippen LogP contribution in [0.15, 0.2) is 24.3 Å². The molecule has 19 heavy (non-hydrogen) atoms. The second-order valence-corrected chi connectivity index (χ2v) is 6.10. The summed E-state index contributed by atoms with van der Waals surface area (Å²) in [6.07, 6.45) is 1.06. The molecule has 3 rings (SSSR count). The van der Waals surface area contributed by atoms with Crippen LogP contribution in [0.2, 0.25) is 5.02 Å². The zero-order valence-corrected chi connectivity index (χ0v) is 11.9. The summed E-state index contributed by atoms with van der Waals surface area (Å²) in [6, 6.07) is 8.08. The summed E-state index contributed by atoms with van der Waals surface area (Å²) >= 11 is 6.03. The first-order chi connectivity index (χ1) is 9.15. The van der Waals surface area contributed by atoms with Crippen molar-refractivity contribution in [2.24, 2.45) is 11.8 Å². The highest BCUT2D eigenvalue weighted by molar-refractivity contribution is 6.30. The molecule has 1 aromatic carbocycles. The van der Waals surface area contributed by atoms with Gasteiger partial charge in [0.05, 0.1) is 0 Å². The van der Waals surface area contributed by atoms with Crippen molar-refractivity contribution >= 4 is 17.5 Å². The molecule has 1 aliphatic heterocycles. The van der Waals surface area contributed by atoms with Crippen molar-refractivity contribution in [1.29, 1.82) is 0 Å². The number of nitrogens with zero attached hydrogens (tertiary/aromatic N) is 1. The van der Waals surface area contributed by atoms with Gasteiger partial charge in [0.15, 0.2) is 0 Å². The molecule has 4 heteroatoms. The third-order valence-electron chi connectivity index (χ3n) is 4.16. The number of hydrogen-bond acceptors (Lipinski definition) is 2. The predicted octanol–water partition coefficient (Wildman–Crippen LogP) is 2.47. The van der Waals surface area contributed by atoms with Crippen molar-refractivity contribution < 1.29 is 4.79 Å². The lowest BCUT2D eigenvalue weighted by molar-refractivity contribution is -0.134. The van der Waals surface area contributed by atoms with E-state index < -0.39 is 0 Å². The molecule has 0 unspecified atom stereocenters. The topological polar surface area (TPSA) is 32.3 Å². The summed E-state index contributed by atoms with van der Waals surface area (Å²) in [5.41, 5.74) is 1.16. The highest BCUT2D eigenvalue weighted by Crippen LogP contribution is 2.39. The average molecular weight is 279 g/mol. The SMILES string of the molecule is C[C@@H]1C[C@H]1C(=O)N1CCN[C@@H](c2cccc(Cl)c2)C1. The zero-order valence-electron chi connectivity index (χ0n) is 11.1. The van der Waals surface area contributed by atoms with Gasteiger partial charge in [-0.3, -0.25) is 4.79 Å². The fourth-order valence-electron chi connectivity index (χ4n) is 2.80. The highest BCUT2D eigenvalue weighted by Gasteiger charge is 2.42. The first kappa shape index (κ1) is 12.9. The van der Waals surface area contributed by atoms with Gasteiger partial charge >= 0.3 is 0 Å². The molecule has 102 valence electrons. The van der Waals surface area contributed by atoms with E-state index in [1.165, 1.54) is 0 Å². The Balaban J connectivity index is 1.69. The van der Waals surface area contributed by atoms with Crippen molar-refractivity contribution in [2.45, 2.75) is 19.4 Å². The van der Waals surface area contributed by atoms with Crippen molar-refractivity contribution in [3.05, 3.63) is 34.9 Å². The Kier molecular flexibility index (Phi) is 3.50. The lowest BCUT2D eigenvalue weighted by Crippen LogP contribution is -2.48. The van der Waals surface area contributed by atoms with Gasteiger partial charge in [0.2, 0.25) is 5.91 Å². The molecule has 3 nitrogen and oxygen atoms in total. The van der Waals surface area contributed by atoms with Gasteiger partial charge in [0, 0.05) is 36.6 Å². The van der Waals surface area contributed by atoms with E-state index in [2.05, 4.69) is 18.3 Å². The first-order valence-electron chi connectivity index (χ1n) is 6.93. The monoisotopic (exact) mass is 278 g/mol. The minimum Gasteiger partial charge on any atom is -0.339 e. The minimum absolute atomic E-state index is 0.199. The number of halogens is 1. The standard InChI is InChI=1S/C15H19ClN2O/c1-10-7-13(10)15(19)18-6-5-17-14(9-18)11-3-2-4-12(16)8-11/h2-4,8,10,13-14,17H,5-7,9H2,1H3/t10-,13-,14-/m1/s1. The van der Waals surface area contributed by atoms with Crippen LogP contribution < -0.4 is 5.32 Å². The molecule has 0 aromatic heterocycles. The average Bonchev–Trinajstić information content (AvgIpc) is 3.15. The largest absolute Gasteiger partial charge is 0.339 e. The van der Waals surface area contributed by atoms with E-state index in [-0.39, 0.29) is 12.0 Å². The van der Waals surface area contributed by atoms with Gasteiger partial charge in [0.25, 0.3) is 0 Å². The Morgan fingerprint density at radius 3 is 2.95 bits per heavy atom. The van der Waals surface area contributed by atoms with Crippen LogP contribution in [0.4, 0.5) is 0 Å². The molecule has 3 atom stereocenters. The number of carbonyl (C=O) groups excluding carboxylic acids is 1. The van der Waals surface area contributed by atoms with Crippen molar-refractivity contribution in [3.8, 4) is 0 Å². The second kappa shape index (κ2) is 5.14. The first-order valence-corrected chi connectivity index (χ1v) is 7.30. The summed E-state index contributed by atoms with van der Waals surface area (Å²) in [5.74, 6) is 1.19. The molecule has 0 radical (unpaired) electrons. The second-order valence-electron chi connectivity index (χ2n) is 5.67. The molecule has 1 amide bonds. The third-order valence-corrected chi connectivity index (χ3v) is 4.40. The Morgan fingerprint density at radius 2 is 2.26 bits per heavy atom. The predicted molar refractivity (Wildman–Crippen MR) is 76.0 cm³/mol. The molecule has 2 aliphatic rings. The number of nitrogens with one attached hydrogen (secondary N) is 1. The van der Waals surface area contributed by atoms with E-state index in [9.17, 15) is 4.79 Å². The summed E-state index contributed by atoms with van der Waals surface area (Å²) < 4.78 is 0. The molecule has 1 saturated heterocycles. The molecule has 0 bridgehead atoms. The van der Waals surface area contributed by atoms with Gasteiger partial charge in [-0.2, -0.15) is 0 Å². The van der Waals surface area contributed by atoms with Gasteiger partial charge in [-0.1, -0.05) is 30.7 Å². The fourth-order valence-corrected chi connectivity index (χ4v) is 3.00. The van der Waals surface area contributed by atoms with Crippen LogP contribution in [0.1, 0.15) is 24.9 Å². The molecule has 2 fully saturated rings. The van der Waals surface area contributed by atoms with E-state index in [1.54, 1.807) is 0 Å². The number of hydrogen-bond donors (Lipinski definition) is 1. The van der Waals surface area contributed by atoms with Gasteiger partial charge in [0.1, 0.15) is 0 Å². The van der Waals surface area contributed by atoms with E-state index >= 15 is 0 Å². The normalized spacial score (nSPS) is 30.2. The molecule has 0 spiro atoms. The van der Waals surface area contributed by atoms with Crippen molar-refractivity contribution in [3.63, 3.8) is 0 Å². The van der Waals surface area contributed by atoms with Gasteiger partial charge in [-0.25, -0.2) is 0 Å². The number of piperazine rings is 1. The number of benzene rings is 1. The Morgan fingerprint density at radius 1 is 1.47 bits per heavy atom. The Labute approximate surface area is 118 Å².